The Kier molecular flexibility index (Phi) is 6.21. The SMILES string of the molecule is CCN(C(=O)C1CCN(S(=O)(=O)c2cc3c(cc2C)NC(=O)CO3)CC1)c1ccccc1. The van der Waals surface area contributed by atoms with Gasteiger partial charge >= 0.3 is 0 Å². The Bertz CT molecular complexity index is 1130. The summed E-state index contributed by atoms with van der Waals surface area (Å²) in [6.07, 6.45) is 0.940. The fraction of sp³-hybridized carbons (Fsp3) is 0.391. The van der Waals surface area contributed by atoms with Crippen molar-refractivity contribution in [3.8, 4) is 5.75 Å². The summed E-state index contributed by atoms with van der Waals surface area (Å²) >= 11 is 0. The predicted octanol–water partition coefficient (Wildman–Crippen LogP) is 2.78. The molecule has 0 radical (unpaired) electrons. The van der Waals surface area contributed by atoms with Gasteiger partial charge in [0.15, 0.2) is 6.61 Å². The number of nitrogens with zero attached hydrogens (tertiary/aromatic N) is 2. The van der Waals surface area contributed by atoms with Crippen LogP contribution in [0.4, 0.5) is 11.4 Å². The summed E-state index contributed by atoms with van der Waals surface area (Å²) in [5, 5.41) is 2.69. The largest absolute Gasteiger partial charge is 0.482 e. The van der Waals surface area contributed by atoms with Crippen LogP contribution in [0.3, 0.4) is 0 Å². The van der Waals surface area contributed by atoms with Gasteiger partial charge in [-0.2, -0.15) is 4.31 Å². The normalized spacial score (nSPS) is 17.2. The number of hydrogen-bond donors (Lipinski definition) is 1. The molecule has 0 aromatic heterocycles. The molecule has 2 aliphatic heterocycles. The van der Waals surface area contributed by atoms with Gasteiger partial charge in [-0.1, -0.05) is 18.2 Å². The van der Waals surface area contributed by atoms with E-state index in [1.165, 1.54) is 10.4 Å². The van der Waals surface area contributed by atoms with Crippen molar-refractivity contribution in [3.05, 3.63) is 48.0 Å². The molecule has 1 N–H and O–H groups in total. The summed E-state index contributed by atoms with van der Waals surface area (Å²) in [5.41, 5.74) is 1.86. The van der Waals surface area contributed by atoms with Crippen molar-refractivity contribution in [2.45, 2.75) is 31.6 Å². The molecule has 0 spiro atoms. The fourth-order valence-electron chi connectivity index (χ4n) is 4.27. The molecule has 1 saturated heterocycles. The summed E-state index contributed by atoms with van der Waals surface area (Å²) in [5.74, 6) is -0.106. The van der Waals surface area contributed by atoms with Gasteiger partial charge in [-0.3, -0.25) is 9.59 Å². The maximum atomic E-state index is 13.3. The van der Waals surface area contributed by atoms with Crippen LogP contribution in [0.5, 0.6) is 5.75 Å². The van der Waals surface area contributed by atoms with Gasteiger partial charge in [0, 0.05) is 37.3 Å². The van der Waals surface area contributed by atoms with E-state index in [1.54, 1.807) is 17.9 Å². The van der Waals surface area contributed by atoms with Gasteiger partial charge in [0.25, 0.3) is 5.91 Å². The number of carbonyl (C=O) groups excluding carboxylic acids is 2. The van der Waals surface area contributed by atoms with E-state index >= 15 is 0 Å². The molecule has 9 heteroatoms. The zero-order chi connectivity index (χ0) is 22.9. The van der Waals surface area contributed by atoms with Gasteiger partial charge in [-0.05, 0) is 50.5 Å². The van der Waals surface area contributed by atoms with Crippen molar-refractivity contribution in [1.82, 2.24) is 4.31 Å². The van der Waals surface area contributed by atoms with Crippen LogP contribution in [0.2, 0.25) is 0 Å². The molecule has 0 aliphatic carbocycles. The van der Waals surface area contributed by atoms with Gasteiger partial charge < -0.3 is 15.0 Å². The van der Waals surface area contributed by atoms with Crippen molar-refractivity contribution in [2.24, 2.45) is 5.92 Å². The number of rotatable bonds is 5. The molecule has 0 atom stereocenters. The number of anilines is 2. The lowest BCUT2D eigenvalue weighted by Crippen LogP contribution is -2.44. The van der Waals surface area contributed by atoms with Gasteiger partial charge in [0.2, 0.25) is 15.9 Å². The lowest BCUT2D eigenvalue weighted by Gasteiger charge is -2.34. The van der Waals surface area contributed by atoms with Crippen LogP contribution in [-0.2, 0) is 19.6 Å². The monoisotopic (exact) mass is 457 g/mol. The highest BCUT2D eigenvalue weighted by Crippen LogP contribution is 2.35. The van der Waals surface area contributed by atoms with Crippen molar-refractivity contribution < 1.29 is 22.7 Å². The summed E-state index contributed by atoms with van der Waals surface area (Å²) in [6, 6.07) is 12.6. The third kappa shape index (κ3) is 4.22. The number of hydrogen-bond acceptors (Lipinski definition) is 5. The Morgan fingerprint density at radius 2 is 1.88 bits per heavy atom. The van der Waals surface area contributed by atoms with Crippen LogP contribution < -0.4 is 15.0 Å². The fourth-order valence-corrected chi connectivity index (χ4v) is 5.96. The Balaban J connectivity index is 1.48. The molecular weight excluding hydrogens is 430 g/mol. The molecule has 0 bridgehead atoms. The summed E-state index contributed by atoms with van der Waals surface area (Å²) in [6.45, 7) is 4.61. The predicted molar refractivity (Wildman–Crippen MR) is 121 cm³/mol. The number of piperidine rings is 1. The second-order valence-electron chi connectivity index (χ2n) is 8.05. The van der Waals surface area contributed by atoms with E-state index in [-0.39, 0.29) is 42.3 Å². The molecule has 2 amide bonds. The second kappa shape index (κ2) is 8.91. The minimum absolute atomic E-state index is 0.0323. The van der Waals surface area contributed by atoms with E-state index in [2.05, 4.69) is 5.32 Å². The third-order valence-corrected chi connectivity index (χ3v) is 8.02. The maximum absolute atomic E-state index is 13.3. The molecule has 170 valence electrons. The average Bonchev–Trinajstić information content (AvgIpc) is 2.79. The topological polar surface area (TPSA) is 96.0 Å². The van der Waals surface area contributed by atoms with Gasteiger partial charge in [0.05, 0.1) is 10.6 Å². The van der Waals surface area contributed by atoms with E-state index in [0.717, 1.165) is 5.69 Å². The van der Waals surface area contributed by atoms with Crippen LogP contribution in [0.25, 0.3) is 0 Å². The zero-order valence-electron chi connectivity index (χ0n) is 18.2. The molecule has 4 rings (SSSR count). The quantitative estimate of drug-likeness (QED) is 0.745. The number of sulfonamides is 1. The summed E-state index contributed by atoms with van der Waals surface area (Å²) in [7, 11) is -3.75. The lowest BCUT2D eigenvalue weighted by atomic mass is 9.96. The summed E-state index contributed by atoms with van der Waals surface area (Å²) in [4.78, 5) is 26.5. The molecule has 2 heterocycles. The Morgan fingerprint density at radius 3 is 2.53 bits per heavy atom. The first-order valence-electron chi connectivity index (χ1n) is 10.7. The Morgan fingerprint density at radius 1 is 1.19 bits per heavy atom. The molecule has 1 fully saturated rings. The van der Waals surface area contributed by atoms with E-state index < -0.39 is 10.0 Å². The van der Waals surface area contributed by atoms with Crippen molar-refractivity contribution >= 4 is 33.2 Å². The number of amides is 2. The number of nitrogens with one attached hydrogen (secondary N) is 1. The molecule has 8 nitrogen and oxygen atoms in total. The van der Waals surface area contributed by atoms with Crippen LogP contribution in [0.15, 0.2) is 47.4 Å². The number of aryl methyl sites for hydroxylation is 1. The summed E-state index contributed by atoms with van der Waals surface area (Å²) < 4.78 is 33.5. The van der Waals surface area contributed by atoms with Crippen LogP contribution in [-0.4, -0.2) is 50.8 Å². The minimum atomic E-state index is -3.75. The first kappa shape index (κ1) is 22.3. The van der Waals surface area contributed by atoms with Crippen LogP contribution >= 0.6 is 0 Å². The lowest BCUT2D eigenvalue weighted by molar-refractivity contribution is -0.123. The second-order valence-corrected chi connectivity index (χ2v) is 9.95. The van der Waals surface area contributed by atoms with Gasteiger partial charge in [0.1, 0.15) is 5.75 Å². The molecular formula is C23H27N3O5S. The number of fused-ring (bicyclic) bond motifs is 1. The molecule has 2 aromatic carbocycles. The highest BCUT2D eigenvalue weighted by atomic mass is 32.2. The third-order valence-electron chi connectivity index (χ3n) is 5.98. The molecule has 2 aliphatic rings. The van der Waals surface area contributed by atoms with Gasteiger partial charge in [-0.15, -0.1) is 0 Å². The smallest absolute Gasteiger partial charge is 0.262 e. The highest BCUT2D eigenvalue weighted by Gasteiger charge is 2.35. The molecule has 32 heavy (non-hydrogen) atoms. The zero-order valence-corrected chi connectivity index (χ0v) is 19.0. The van der Waals surface area contributed by atoms with Crippen LogP contribution in [0.1, 0.15) is 25.3 Å². The maximum Gasteiger partial charge on any atom is 0.262 e. The Labute approximate surface area is 188 Å². The average molecular weight is 458 g/mol. The highest BCUT2D eigenvalue weighted by molar-refractivity contribution is 7.89. The van der Waals surface area contributed by atoms with E-state index in [9.17, 15) is 18.0 Å². The van der Waals surface area contributed by atoms with E-state index in [4.69, 9.17) is 4.74 Å². The number of para-hydroxylation sites is 1. The van der Waals surface area contributed by atoms with Crippen molar-refractivity contribution in [2.75, 3.05) is 36.5 Å². The van der Waals surface area contributed by atoms with Crippen molar-refractivity contribution in [3.63, 3.8) is 0 Å². The van der Waals surface area contributed by atoms with Crippen LogP contribution in [0, 0.1) is 12.8 Å². The standard InChI is InChI=1S/C23H27N3O5S/c1-3-26(18-7-5-4-6-8-18)23(28)17-9-11-25(12-10-17)32(29,30)21-14-20-19(13-16(21)2)24-22(27)15-31-20/h4-8,13-14,17H,3,9-12,15H2,1-2H3,(H,24,27). The van der Waals surface area contributed by atoms with Crippen molar-refractivity contribution in [1.29, 1.82) is 0 Å². The first-order valence-corrected chi connectivity index (χ1v) is 12.2. The molecule has 0 unspecified atom stereocenters. The van der Waals surface area contributed by atoms with E-state index in [0.29, 0.717) is 36.4 Å². The Hall–Kier alpha value is -2.91. The van der Waals surface area contributed by atoms with E-state index in [1.807, 2.05) is 37.3 Å². The minimum Gasteiger partial charge on any atom is -0.482 e. The number of carbonyl (C=O) groups is 2. The molecule has 2 aromatic rings. The van der Waals surface area contributed by atoms with Gasteiger partial charge in [-0.25, -0.2) is 8.42 Å². The first-order chi connectivity index (χ1) is 15.3. The molecule has 0 saturated carbocycles. The number of benzene rings is 2. The number of ether oxygens (including phenoxy) is 1.